The van der Waals surface area contributed by atoms with Gasteiger partial charge in [0.2, 0.25) is 0 Å². The zero-order valence-corrected chi connectivity index (χ0v) is 7.62. The van der Waals surface area contributed by atoms with Crippen molar-refractivity contribution in [1.29, 1.82) is 0 Å². The average molecular weight is 161 g/mol. The molecule has 0 saturated heterocycles. The summed E-state index contributed by atoms with van der Waals surface area (Å²) >= 11 is 0.867. The van der Waals surface area contributed by atoms with Crippen LogP contribution in [0, 0.1) is 5.41 Å². The first kappa shape index (κ1) is 9.98. The Morgan fingerprint density at radius 3 is 1.90 bits per heavy atom. The second kappa shape index (κ2) is 3.39. The Bertz CT molecular complexity index is 124. The molecule has 0 aliphatic heterocycles. The van der Waals surface area contributed by atoms with Crippen molar-refractivity contribution in [2.24, 2.45) is 5.41 Å². The minimum atomic E-state index is -0.841. The lowest BCUT2D eigenvalue weighted by Crippen LogP contribution is -2.18. The Balaban J connectivity index is 3.87. The summed E-state index contributed by atoms with van der Waals surface area (Å²) in [7, 11) is 0. The summed E-state index contributed by atoms with van der Waals surface area (Å²) in [6, 6.07) is 0. The van der Waals surface area contributed by atoms with Crippen LogP contribution in [0.2, 0.25) is 0 Å². The number of rotatable bonds is 1. The summed E-state index contributed by atoms with van der Waals surface area (Å²) < 4.78 is 0. The van der Waals surface area contributed by atoms with Gasteiger partial charge in [0.25, 0.3) is 0 Å². The van der Waals surface area contributed by atoms with Crippen molar-refractivity contribution in [1.82, 2.24) is 0 Å². The molecule has 0 rings (SSSR count). The van der Waals surface area contributed by atoms with Gasteiger partial charge in [-0.3, -0.25) is 4.79 Å². The Hall–Kier alpha value is -0.0200. The fraction of sp³-hybridized carbons (Fsp3) is 0.857. The lowest BCUT2D eigenvalue weighted by Gasteiger charge is -2.15. The van der Waals surface area contributed by atoms with Crippen LogP contribution in [0.1, 0.15) is 27.7 Å². The van der Waals surface area contributed by atoms with E-state index in [4.69, 9.17) is 0 Å². The summed E-state index contributed by atoms with van der Waals surface area (Å²) in [6.45, 7) is 6.91. The Morgan fingerprint density at radius 2 is 1.80 bits per heavy atom. The lowest BCUT2D eigenvalue weighted by molar-refractivity contribution is -0.117. The molecule has 0 unspecified atom stereocenters. The minimum absolute atomic E-state index is 0.0324. The minimum Gasteiger partial charge on any atom is -0.287 e. The SMILES string of the molecule is C[C@@H]([O])SC(=O)C(C)(C)C. The van der Waals surface area contributed by atoms with Crippen molar-refractivity contribution in [2.75, 3.05) is 0 Å². The standard InChI is InChI=1S/C7H13O2S/c1-5(8)10-6(9)7(2,3)4/h5H,1-4H3/t5-/m0/s1. The smallest absolute Gasteiger partial charge is 0.196 e. The zero-order valence-electron chi connectivity index (χ0n) is 6.80. The maximum atomic E-state index is 11.0. The van der Waals surface area contributed by atoms with Gasteiger partial charge in [0.05, 0.1) is 0 Å². The zero-order chi connectivity index (χ0) is 8.36. The summed E-state index contributed by atoms with van der Waals surface area (Å²) in [5.74, 6) is 0. The molecule has 0 spiro atoms. The predicted molar refractivity (Wildman–Crippen MR) is 42.2 cm³/mol. The van der Waals surface area contributed by atoms with E-state index in [1.807, 2.05) is 20.8 Å². The van der Waals surface area contributed by atoms with Crippen molar-refractivity contribution < 1.29 is 9.90 Å². The summed E-state index contributed by atoms with van der Waals surface area (Å²) in [6.07, 6.45) is 0. The van der Waals surface area contributed by atoms with E-state index in [2.05, 4.69) is 0 Å². The van der Waals surface area contributed by atoms with Gasteiger partial charge in [0.1, 0.15) is 5.44 Å². The lowest BCUT2D eigenvalue weighted by atomic mass is 10.00. The van der Waals surface area contributed by atoms with Gasteiger partial charge in [0, 0.05) is 5.41 Å². The van der Waals surface area contributed by atoms with E-state index in [0.717, 1.165) is 11.8 Å². The molecular weight excluding hydrogens is 148 g/mol. The van der Waals surface area contributed by atoms with Crippen LogP contribution in [-0.2, 0) is 9.90 Å². The monoisotopic (exact) mass is 161 g/mol. The molecule has 0 N–H and O–H groups in total. The Morgan fingerprint density at radius 1 is 1.40 bits per heavy atom. The third kappa shape index (κ3) is 3.90. The van der Waals surface area contributed by atoms with Crippen LogP contribution in [-0.4, -0.2) is 10.6 Å². The van der Waals surface area contributed by atoms with Crippen LogP contribution >= 0.6 is 11.8 Å². The molecule has 0 aromatic carbocycles. The van der Waals surface area contributed by atoms with E-state index in [1.54, 1.807) is 0 Å². The fourth-order valence-electron chi connectivity index (χ4n) is 0.328. The van der Waals surface area contributed by atoms with Gasteiger partial charge in [-0.2, -0.15) is 0 Å². The van der Waals surface area contributed by atoms with Crippen molar-refractivity contribution in [3.8, 4) is 0 Å². The highest BCUT2D eigenvalue weighted by Gasteiger charge is 2.23. The molecule has 10 heavy (non-hydrogen) atoms. The van der Waals surface area contributed by atoms with E-state index < -0.39 is 5.44 Å². The predicted octanol–water partition coefficient (Wildman–Crippen LogP) is 2.07. The molecule has 0 amide bonds. The van der Waals surface area contributed by atoms with Crippen LogP contribution in [0.5, 0.6) is 0 Å². The number of carbonyl (C=O) groups is 1. The van der Waals surface area contributed by atoms with Gasteiger partial charge >= 0.3 is 0 Å². The van der Waals surface area contributed by atoms with E-state index in [0.29, 0.717) is 0 Å². The van der Waals surface area contributed by atoms with Crippen LogP contribution in [0.25, 0.3) is 0 Å². The molecular formula is C7H13O2S. The molecule has 2 nitrogen and oxygen atoms in total. The molecule has 0 aliphatic rings. The van der Waals surface area contributed by atoms with Gasteiger partial charge < -0.3 is 0 Å². The van der Waals surface area contributed by atoms with Crippen molar-refractivity contribution >= 4 is 16.9 Å². The van der Waals surface area contributed by atoms with Crippen LogP contribution in [0.4, 0.5) is 0 Å². The van der Waals surface area contributed by atoms with E-state index >= 15 is 0 Å². The molecule has 0 fully saturated rings. The second-order valence-corrected chi connectivity index (χ2v) is 4.49. The highest BCUT2D eigenvalue weighted by atomic mass is 32.2. The molecule has 0 heterocycles. The van der Waals surface area contributed by atoms with Crippen LogP contribution in [0.15, 0.2) is 0 Å². The molecule has 1 atom stereocenters. The van der Waals surface area contributed by atoms with E-state index in [-0.39, 0.29) is 10.5 Å². The first-order valence-corrected chi connectivity index (χ1v) is 4.09. The second-order valence-electron chi connectivity index (χ2n) is 3.22. The van der Waals surface area contributed by atoms with Gasteiger partial charge in [0.15, 0.2) is 5.12 Å². The molecule has 0 aliphatic carbocycles. The van der Waals surface area contributed by atoms with Gasteiger partial charge in [-0.25, -0.2) is 5.11 Å². The maximum Gasteiger partial charge on any atom is 0.196 e. The third-order valence-electron chi connectivity index (χ3n) is 0.885. The molecule has 0 aromatic heterocycles. The molecule has 0 aromatic rings. The van der Waals surface area contributed by atoms with E-state index in [1.165, 1.54) is 6.92 Å². The average Bonchev–Trinajstić information content (AvgIpc) is 1.60. The highest BCUT2D eigenvalue weighted by molar-refractivity contribution is 8.14. The largest absolute Gasteiger partial charge is 0.287 e. The van der Waals surface area contributed by atoms with Crippen molar-refractivity contribution in [2.45, 2.75) is 33.1 Å². The molecule has 3 heteroatoms. The van der Waals surface area contributed by atoms with E-state index in [9.17, 15) is 9.90 Å². The van der Waals surface area contributed by atoms with Gasteiger partial charge in [-0.1, -0.05) is 32.5 Å². The van der Waals surface area contributed by atoms with Crippen LogP contribution < -0.4 is 0 Å². The fourth-order valence-corrected chi connectivity index (χ4v) is 0.983. The molecule has 0 bridgehead atoms. The van der Waals surface area contributed by atoms with Crippen molar-refractivity contribution in [3.63, 3.8) is 0 Å². The first-order valence-electron chi connectivity index (χ1n) is 3.21. The molecule has 1 radical (unpaired) electrons. The highest BCUT2D eigenvalue weighted by Crippen LogP contribution is 2.24. The Labute approximate surface area is 66.0 Å². The third-order valence-corrected chi connectivity index (χ3v) is 2.04. The molecule has 59 valence electrons. The summed E-state index contributed by atoms with van der Waals surface area (Å²) in [5, 5.41) is 10.5. The molecule has 0 saturated carbocycles. The van der Waals surface area contributed by atoms with Gasteiger partial charge in [-0.15, -0.1) is 0 Å². The Kier molecular flexibility index (Phi) is 3.39. The quantitative estimate of drug-likeness (QED) is 0.552. The summed E-state index contributed by atoms with van der Waals surface area (Å²) in [5.41, 5.74) is -1.23. The topological polar surface area (TPSA) is 37.0 Å². The summed E-state index contributed by atoms with van der Waals surface area (Å²) in [4.78, 5) is 11.0. The van der Waals surface area contributed by atoms with Gasteiger partial charge in [-0.05, 0) is 6.92 Å². The number of hydrogen-bond donors (Lipinski definition) is 0. The number of carbonyl (C=O) groups excluding carboxylic acids is 1. The van der Waals surface area contributed by atoms with Crippen LogP contribution in [0.3, 0.4) is 0 Å². The maximum absolute atomic E-state index is 11.0. The number of hydrogen-bond acceptors (Lipinski definition) is 2. The first-order chi connectivity index (χ1) is 4.34. The normalized spacial score (nSPS) is 14.9. The van der Waals surface area contributed by atoms with Crippen molar-refractivity contribution in [3.05, 3.63) is 0 Å². The number of thioether (sulfide) groups is 1.